The number of benzene rings is 1. The Morgan fingerprint density at radius 1 is 1.17 bits per heavy atom. The largest absolute Gasteiger partial charge is 0.467 e. The summed E-state index contributed by atoms with van der Waals surface area (Å²) in [6.45, 7) is -1.47. The highest BCUT2D eigenvalue weighted by atomic mass is 19.4. The average Bonchev–Trinajstić information content (AvgIpc) is 2.57. The number of carbonyl (C=O) groups excluding carboxylic acids is 1. The van der Waals surface area contributed by atoms with Crippen LogP contribution in [0.25, 0.3) is 0 Å². The predicted octanol–water partition coefficient (Wildman–Crippen LogP) is 2.80. The van der Waals surface area contributed by atoms with E-state index in [2.05, 4.69) is 26.9 Å². The predicted molar refractivity (Wildman–Crippen MR) is 81.4 cm³/mol. The van der Waals surface area contributed by atoms with Gasteiger partial charge in [-0.05, 0) is 24.3 Å². The van der Waals surface area contributed by atoms with Gasteiger partial charge in [-0.25, -0.2) is 4.98 Å². The van der Waals surface area contributed by atoms with Crippen LogP contribution in [0.4, 0.5) is 13.2 Å². The minimum atomic E-state index is -4.51. The van der Waals surface area contributed by atoms with Gasteiger partial charge in [-0.1, -0.05) is 30.0 Å². The molecule has 0 unspecified atom stereocenters. The van der Waals surface area contributed by atoms with Crippen molar-refractivity contribution in [2.45, 2.75) is 6.18 Å². The van der Waals surface area contributed by atoms with Crippen molar-refractivity contribution in [1.29, 1.82) is 0 Å². The lowest BCUT2D eigenvalue weighted by Gasteiger charge is -2.11. The fraction of sp³-hybridized carbons (Fsp3) is 0.176. The summed E-state index contributed by atoms with van der Waals surface area (Å²) in [6, 6.07) is 11.9. The van der Waals surface area contributed by atoms with E-state index in [9.17, 15) is 18.0 Å². The Morgan fingerprint density at radius 2 is 1.92 bits per heavy atom. The molecule has 0 aliphatic rings. The monoisotopic (exact) mass is 334 g/mol. The summed E-state index contributed by atoms with van der Waals surface area (Å²) in [5, 5.41) is 2.49. The van der Waals surface area contributed by atoms with Gasteiger partial charge in [0.1, 0.15) is 5.56 Å². The van der Waals surface area contributed by atoms with Crippen LogP contribution < -0.4 is 10.1 Å². The summed E-state index contributed by atoms with van der Waals surface area (Å²) in [7, 11) is 0. The first kappa shape index (κ1) is 17.3. The van der Waals surface area contributed by atoms with Crippen LogP contribution in [0.3, 0.4) is 0 Å². The summed E-state index contributed by atoms with van der Waals surface area (Å²) >= 11 is 0. The molecule has 0 saturated carbocycles. The van der Waals surface area contributed by atoms with Gasteiger partial charge in [0.2, 0.25) is 5.88 Å². The van der Waals surface area contributed by atoms with Gasteiger partial charge in [0, 0.05) is 11.8 Å². The Labute approximate surface area is 136 Å². The SMILES string of the molecule is O=C(NCC#Cc1ccccc1)c1cccnc1OCC(F)(F)F. The molecule has 24 heavy (non-hydrogen) atoms. The summed E-state index contributed by atoms with van der Waals surface area (Å²) in [5.41, 5.74) is 0.714. The molecule has 0 aliphatic heterocycles. The maximum atomic E-state index is 12.2. The van der Waals surface area contributed by atoms with Crippen molar-refractivity contribution in [3.8, 4) is 17.7 Å². The lowest BCUT2D eigenvalue weighted by molar-refractivity contribution is -0.154. The molecule has 7 heteroatoms. The molecule has 0 atom stereocenters. The third-order valence-corrected chi connectivity index (χ3v) is 2.73. The van der Waals surface area contributed by atoms with E-state index in [0.717, 1.165) is 5.56 Å². The number of halogens is 3. The zero-order valence-electron chi connectivity index (χ0n) is 12.4. The van der Waals surface area contributed by atoms with E-state index in [1.807, 2.05) is 30.3 Å². The molecule has 1 heterocycles. The molecule has 1 aromatic heterocycles. The molecule has 0 spiro atoms. The van der Waals surface area contributed by atoms with Crippen molar-refractivity contribution >= 4 is 5.91 Å². The van der Waals surface area contributed by atoms with Crippen LogP contribution in [0.2, 0.25) is 0 Å². The van der Waals surface area contributed by atoms with Crippen molar-refractivity contribution < 1.29 is 22.7 Å². The molecule has 0 bridgehead atoms. The van der Waals surface area contributed by atoms with E-state index >= 15 is 0 Å². The van der Waals surface area contributed by atoms with Gasteiger partial charge >= 0.3 is 6.18 Å². The third kappa shape index (κ3) is 5.65. The number of carbonyl (C=O) groups is 1. The summed E-state index contributed by atoms with van der Waals surface area (Å²) < 4.78 is 41.2. The average molecular weight is 334 g/mol. The van der Waals surface area contributed by atoms with Crippen molar-refractivity contribution in [1.82, 2.24) is 10.3 Å². The minimum absolute atomic E-state index is 0.0430. The quantitative estimate of drug-likeness (QED) is 0.875. The van der Waals surface area contributed by atoms with E-state index in [-0.39, 0.29) is 18.0 Å². The van der Waals surface area contributed by atoms with E-state index in [1.165, 1.54) is 18.3 Å². The third-order valence-electron chi connectivity index (χ3n) is 2.73. The van der Waals surface area contributed by atoms with Gasteiger partial charge in [-0.2, -0.15) is 13.2 Å². The minimum Gasteiger partial charge on any atom is -0.467 e. The first-order valence-electron chi connectivity index (χ1n) is 6.92. The molecule has 0 radical (unpaired) electrons. The lowest BCUT2D eigenvalue weighted by atomic mass is 10.2. The van der Waals surface area contributed by atoms with Gasteiger partial charge in [0.25, 0.3) is 5.91 Å². The van der Waals surface area contributed by atoms with Crippen LogP contribution in [0, 0.1) is 11.8 Å². The Morgan fingerprint density at radius 3 is 2.62 bits per heavy atom. The maximum Gasteiger partial charge on any atom is 0.422 e. The number of ether oxygens (including phenoxy) is 1. The normalized spacial score (nSPS) is 10.5. The molecule has 0 fully saturated rings. The first-order valence-corrected chi connectivity index (χ1v) is 6.92. The second kappa shape index (κ2) is 8.02. The van der Waals surface area contributed by atoms with E-state index in [4.69, 9.17) is 0 Å². The molecule has 4 nitrogen and oxygen atoms in total. The van der Waals surface area contributed by atoms with Gasteiger partial charge in [0.05, 0.1) is 6.54 Å². The van der Waals surface area contributed by atoms with Crippen molar-refractivity contribution in [2.24, 2.45) is 0 Å². The number of amides is 1. The summed E-state index contributed by atoms with van der Waals surface area (Å²) in [5.74, 6) is 4.63. The maximum absolute atomic E-state index is 12.2. The van der Waals surface area contributed by atoms with Crippen molar-refractivity contribution in [3.63, 3.8) is 0 Å². The number of hydrogen-bond donors (Lipinski definition) is 1. The van der Waals surface area contributed by atoms with Crippen LogP contribution in [-0.4, -0.2) is 30.2 Å². The van der Waals surface area contributed by atoms with Gasteiger partial charge < -0.3 is 10.1 Å². The fourth-order valence-corrected chi connectivity index (χ4v) is 1.72. The molecule has 2 rings (SSSR count). The Balaban J connectivity index is 1.96. The highest BCUT2D eigenvalue weighted by Crippen LogP contribution is 2.19. The molecule has 124 valence electrons. The lowest BCUT2D eigenvalue weighted by Crippen LogP contribution is -2.26. The zero-order chi connectivity index (χ0) is 17.4. The Bertz CT molecular complexity index is 750. The van der Waals surface area contributed by atoms with E-state index in [0.29, 0.717) is 0 Å². The second-order valence-corrected chi connectivity index (χ2v) is 4.61. The zero-order valence-corrected chi connectivity index (χ0v) is 12.4. The van der Waals surface area contributed by atoms with Crippen molar-refractivity contribution in [2.75, 3.05) is 13.2 Å². The standard InChI is InChI=1S/C17H13F3N2O2/c18-17(19,20)12-24-16-14(9-5-11-22-16)15(23)21-10-4-8-13-6-2-1-3-7-13/h1-3,5-7,9,11H,10,12H2,(H,21,23). The number of rotatable bonds is 4. The first-order chi connectivity index (χ1) is 11.5. The number of aromatic nitrogens is 1. The molecule has 1 amide bonds. The molecule has 0 aliphatic carbocycles. The topological polar surface area (TPSA) is 51.2 Å². The molecule has 0 saturated heterocycles. The fourth-order valence-electron chi connectivity index (χ4n) is 1.72. The van der Waals surface area contributed by atoms with Crippen LogP contribution >= 0.6 is 0 Å². The van der Waals surface area contributed by atoms with Gasteiger partial charge in [0.15, 0.2) is 6.61 Å². The molecule has 2 aromatic rings. The molecular formula is C17H13F3N2O2. The van der Waals surface area contributed by atoms with Crippen LogP contribution in [-0.2, 0) is 0 Å². The van der Waals surface area contributed by atoms with E-state index < -0.39 is 18.7 Å². The van der Waals surface area contributed by atoms with Crippen LogP contribution in [0.15, 0.2) is 48.7 Å². The molecular weight excluding hydrogens is 321 g/mol. The second-order valence-electron chi connectivity index (χ2n) is 4.61. The highest BCUT2D eigenvalue weighted by Gasteiger charge is 2.29. The summed E-state index contributed by atoms with van der Waals surface area (Å²) in [4.78, 5) is 15.7. The van der Waals surface area contributed by atoms with Crippen molar-refractivity contribution in [3.05, 3.63) is 59.8 Å². The van der Waals surface area contributed by atoms with Gasteiger partial charge in [-0.3, -0.25) is 4.79 Å². The van der Waals surface area contributed by atoms with Gasteiger partial charge in [-0.15, -0.1) is 0 Å². The Hall–Kier alpha value is -3.01. The van der Waals surface area contributed by atoms with Crippen LogP contribution in [0.5, 0.6) is 5.88 Å². The molecule has 1 N–H and O–H groups in total. The number of pyridine rings is 1. The molecule has 1 aromatic carbocycles. The Kier molecular flexibility index (Phi) is 5.79. The number of hydrogen-bond acceptors (Lipinski definition) is 3. The number of nitrogens with one attached hydrogen (secondary N) is 1. The highest BCUT2D eigenvalue weighted by molar-refractivity contribution is 5.96. The number of alkyl halides is 3. The van der Waals surface area contributed by atoms with E-state index in [1.54, 1.807) is 0 Å². The van der Waals surface area contributed by atoms with Crippen LogP contribution in [0.1, 0.15) is 15.9 Å². The smallest absolute Gasteiger partial charge is 0.422 e. The number of nitrogens with zero attached hydrogens (tertiary/aromatic N) is 1. The summed E-state index contributed by atoms with van der Waals surface area (Å²) in [6.07, 6.45) is -3.26.